The Morgan fingerprint density at radius 2 is 1.70 bits per heavy atom. The monoisotopic (exact) mass is 354 g/mol. The molecule has 2 aromatic rings. The first kappa shape index (κ1) is 17.6. The van der Waals surface area contributed by atoms with Gasteiger partial charge in [0, 0.05) is 11.9 Å². The van der Waals surface area contributed by atoms with Crippen molar-refractivity contribution in [1.82, 2.24) is 0 Å². The Hall–Kier alpha value is -1.72. The van der Waals surface area contributed by atoms with Crippen molar-refractivity contribution in [3.8, 4) is 11.5 Å². The average molecular weight is 355 g/mol. The van der Waals surface area contributed by atoms with Crippen LogP contribution in [-0.4, -0.2) is 20.9 Å². The third kappa shape index (κ3) is 5.44. The van der Waals surface area contributed by atoms with Gasteiger partial charge in [0.25, 0.3) is 0 Å². The van der Waals surface area contributed by atoms with Gasteiger partial charge in [0.1, 0.15) is 16.4 Å². The number of aryl methyl sites for hydroxylation is 1. The summed E-state index contributed by atoms with van der Waals surface area (Å²) < 4.78 is 35.3. The summed E-state index contributed by atoms with van der Waals surface area (Å²) >= 11 is 5.62. The molecule has 0 radical (unpaired) electrons. The Morgan fingerprint density at radius 3 is 2.39 bits per heavy atom. The molecule has 0 saturated heterocycles. The van der Waals surface area contributed by atoms with E-state index in [0.717, 1.165) is 18.4 Å². The summed E-state index contributed by atoms with van der Waals surface area (Å²) in [6.45, 7) is 2.38. The summed E-state index contributed by atoms with van der Waals surface area (Å²) in [5, 5.41) is 0. The molecule has 0 spiro atoms. The number of ether oxygens (including phenoxy) is 1. The van der Waals surface area contributed by atoms with Crippen molar-refractivity contribution in [3.63, 3.8) is 0 Å². The van der Waals surface area contributed by atoms with Gasteiger partial charge in [-0.1, -0.05) is 18.2 Å². The van der Waals surface area contributed by atoms with Crippen LogP contribution in [-0.2, 0) is 10.1 Å². The molecule has 0 aromatic heterocycles. The number of halogens is 1. The zero-order valence-electron chi connectivity index (χ0n) is 12.9. The molecule has 2 aromatic carbocycles. The van der Waals surface area contributed by atoms with Crippen LogP contribution in [0.2, 0.25) is 0 Å². The Labute approximate surface area is 142 Å². The van der Waals surface area contributed by atoms with Gasteiger partial charge >= 0.3 is 10.1 Å². The van der Waals surface area contributed by atoms with Crippen LogP contribution in [0.4, 0.5) is 0 Å². The first-order valence-corrected chi connectivity index (χ1v) is 9.25. The summed E-state index contributed by atoms with van der Waals surface area (Å²) in [5.41, 5.74) is 0.859. The lowest BCUT2D eigenvalue weighted by atomic mass is 10.2. The quantitative estimate of drug-likeness (QED) is 0.406. The largest absolute Gasteiger partial charge is 0.493 e. The van der Waals surface area contributed by atoms with E-state index in [1.165, 1.54) is 12.1 Å². The predicted molar refractivity (Wildman–Crippen MR) is 90.9 cm³/mol. The van der Waals surface area contributed by atoms with E-state index >= 15 is 0 Å². The number of hydrogen-bond donors (Lipinski definition) is 0. The molecule has 23 heavy (non-hydrogen) atoms. The molecular formula is C17H19ClO4S. The summed E-state index contributed by atoms with van der Waals surface area (Å²) in [5.74, 6) is 1.42. The highest BCUT2D eigenvalue weighted by molar-refractivity contribution is 7.87. The smallest absolute Gasteiger partial charge is 0.339 e. The number of unbranched alkanes of at least 4 members (excludes halogenated alkanes) is 1. The number of benzene rings is 2. The average Bonchev–Trinajstić information content (AvgIpc) is 2.51. The lowest BCUT2D eigenvalue weighted by molar-refractivity contribution is 0.308. The van der Waals surface area contributed by atoms with Gasteiger partial charge in [0.2, 0.25) is 0 Å². The summed E-state index contributed by atoms with van der Waals surface area (Å²) in [6, 6.07) is 13.1. The molecule has 0 unspecified atom stereocenters. The van der Waals surface area contributed by atoms with E-state index in [2.05, 4.69) is 0 Å². The van der Waals surface area contributed by atoms with E-state index in [9.17, 15) is 8.42 Å². The molecule has 0 aliphatic rings. The first-order chi connectivity index (χ1) is 11.0. The molecule has 0 atom stereocenters. The minimum atomic E-state index is -3.85. The standard InChI is InChI=1S/C17H19ClO4S/c1-14-11-15(21-10-6-5-9-18)13-16(12-14)22-23(19,20)17-7-3-2-4-8-17/h2-4,7-8,11-13H,5-6,9-10H2,1H3. The molecular weight excluding hydrogens is 336 g/mol. The fraction of sp³-hybridized carbons (Fsp3) is 0.294. The highest BCUT2D eigenvalue weighted by atomic mass is 35.5. The second-order valence-electron chi connectivity index (χ2n) is 5.08. The minimum Gasteiger partial charge on any atom is -0.493 e. The van der Waals surface area contributed by atoms with Crippen LogP contribution in [0.15, 0.2) is 53.4 Å². The lowest BCUT2D eigenvalue weighted by Crippen LogP contribution is -2.09. The van der Waals surface area contributed by atoms with E-state index in [0.29, 0.717) is 18.2 Å². The van der Waals surface area contributed by atoms with Gasteiger partial charge in [-0.15, -0.1) is 11.6 Å². The fourth-order valence-electron chi connectivity index (χ4n) is 1.99. The zero-order valence-corrected chi connectivity index (χ0v) is 14.4. The molecule has 0 N–H and O–H groups in total. The summed E-state index contributed by atoms with van der Waals surface area (Å²) in [4.78, 5) is 0.117. The summed E-state index contributed by atoms with van der Waals surface area (Å²) in [7, 11) is -3.85. The normalized spacial score (nSPS) is 11.2. The summed E-state index contributed by atoms with van der Waals surface area (Å²) in [6.07, 6.45) is 1.72. The van der Waals surface area contributed by atoms with Crippen molar-refractivity contribution < 1.29 is 17.3 Å². The van der Waals surface area contributed by atoms with Crippen molar-refractivity contribution in [3.05, 3.63) is 54.1 Å². The maximum Gasteiger partial charge on any atom is 0.339 e. The van der Waals surface area contributed by atoms with E-state index in [1.54, 1.807) is 30.3 Å². The maximum atomic E-state index is 12.2. The van der Waals surface area contributed by atoms with Gasteiger partial charge in [-0.3, -0.25) is 0 Å². The molecule has 0 aliphatic carbocycles. The second kappa shape index (κ2) is 8.22. The van der Waals surface area contributed by atoms with Crippen LogP contribution in [0.5, 0.6) is 11.5 Å². The fourth-order valence-corrected chi connectivity index (χ4v) is 3.12. The van der Waals surface area contributed by atoms with Crippen LogP contribution in [0, 0.1) is 6.92 Å². The minimum absolute atomic E-state index is 0.117. The van der Waals surface area contributed by atoms with Gasteiger partial charge in [-0.05, 0) is 49.6 Å². The third-order valence-electron chi connectivity index (χ3n) is 3.06. The molecule has 0 heterocycles. The molecule has 2 rings (SSSR count). The molecule has 124 valence electrons. The van der Waals surface area contributed by atoms with Gasteiger partial charge in [0.15, 0.2) is 0 Å². The number of hydrogen-bond acceptors (Lipinski definition) is 4. The zero-order chi connectivity index (χ0) is 16.7. The Morgan fingerprint density at radius 1 is 1.00 bits per heavy atom. The molecule has 6 heteroatoms. The van der Waals surface area contributed by atoms with Crippen molar-refractivity contribution in [2.24, 2.45) is 0 Å². The topological polar surface area (TPSA) is 52.6 Å². The van der Waals surface area contributed by atoms with E-state index in [4.69, 9.17) is 20.5 Å². The van der Waals surface area contributed by atoms with Crippen LogP contribution < -0.4 is 8.92 Å². The van der Waals surface area contributed by atoms with E-state index in [-0.39, 0.29) is 10.6 Å². The Balaban J connectivity index is 2.12. The second-order valence-corrected chi connectivity index (χ2v) is 7.00. The highest BCUT2D eigenvalue weighted by Gasteiger charge is 2.16. The van der Waals surface area contributed by atoms with E-state index < -0.39 is 10.1 Å². The van der Waals surface area contributed by atoms with Crippen molar-refractivity contribution in [2.45, 2.75) is 24.7 Å². The lowest BCUT2D eigenvalue weighted by Gasteiger charge is -2.11. The SMILES string of the molecule is Cc1cc(OCCCCCl)cc(OS(=O)(=O)c2ccccc2)c1. The molecule has 0 aliphatic heterocycles. The van der Waals surface area contributed by atoms with Crippen LogP contribution in [0.25, 0.3) is 0 Å². The molecule has 0 bridgehead atoms. The maximum absolute atomic E-state index is 12.2. The Bertz CT molecular complexity index is 730. The molecule has 0 amide bonds. The van der Waals surface area contributed by atoms with Gasteiger partial charge < -0.3 is 8.92 Å². The molecule has 0 fully saturated rings. The van der Waals surface area contributed by atoms with Crippen molar-refractivity contribution in [2.75, 3.05) is 12.5 Å². The van der Waals surface area contributed by atoms with Gasteiger partial charge in [-0.25, -0.2) is 0 Å². The van der Waals surface area contributed by atoms with E-state index in [1.807, 2.05) is 13.0 Å². The van der Waals surface area contributed by atoms with Crippen LogP contribution in [0.1, 0.15) is 18.4 Å². The van der Waals surface area contributed by atoms with Crippen LogP contribution in [0.3, 0.4) is 0 Å². The van der Waals surface area contributed by atoms with Gasteiger partial charge in [-0.2, -0.15) is 8.42 Å². The number of alkyl halides is 1. The first-order valence-electron chi connectivity index (χ1n) is 7.31. The number of rotatable bonds is 8. The highest BCUT2D eigenvalue weighted by Crippen LogP contribution is 2.25. The van der Waals surface area contributed by atoms with Crippen molar-refractivity contribution >= 4 is 21.7 Å². The van der Waals surface area contributed by atoms with Gasteiger partial charge in [0.05, 0.1) is 6.61 Å². The predicted octanol–water partition coefficient (Wildman–Crippen LogP) is 4.16. The Kier molecular flexibility index (Phi) is 6.30. The molecule has 4 nitrogen and oxygen atoms in total. The van der Waals surface area contributed by atoms with Crippen molar-refractivity contribution in [1.29, 1.82) is 0 Å². The molecule has 0 saturated carbocycles. The third-order valence-corrected chi connectivity index (χ3v) is 4.59. The van der Waals surface area contributed by atoms with Crippen LogP contribution >= 0.6 is 11.6 Å².